The number of fused-ring (bicyclic) bond motifs is 1. The van der Waals surface area contributed by atoms with Crippen molar-refractivity contribution >= 4 is 17.0 Å². The Bertz CT molecular complexity index is 649. The van der Waals surface area contributed by atoms with E-state index in [-0.39, 0.29) is 12.6 Å². The van der Waals surface area contributed by atoms with Gasteiger partial charge in [-0.3, -0.25) is 0 Å². The molecule has 2 aromatic heterocycles. The Labute approximate surface area is 130 Å². The van der Waals surface area contributed by atoms with Crippen molar-refractivity contribution in [3.63, 3.8) is 0 Å². The van der Waals surface area contributed by atoms with E-state index in [2.05, 4.69) is 23.8 Å². The number of hydrogen-bond donors (Lipinski definition) is 2. The Morgan fingerprint density at radius 3 is 2.82 bits per heavy atom. The quantitative estimate of drug-likeness (QED) is 0.906. The summed E-state index contributed by atoms with van der Waals surface area (Å²) in [5, 5.41) is 9.31. The van der Waals surface area contributed by atoms with Gasteiger partial charge in [-0.25, -0.2) is 15.0 Å². The van der Waals surface area contributed by atoms with Crippen LogP contribution in [0.25, 0.3) is 11.2 Å². The molecule has 2 aromatic rings. The van der Waals surface area contributed by atoms with Crippen LogP contribution in [-0.4, -0.2) is 31.2 Å². The zero-order valence-electron chi connectivity index (χ0n) is 13.4. The van der Waals surface area contributed by atoms with Crippen molar-refractivity contribution in [3.8, 4) is 0 Å². The van der Waals surface area contributed by atoms with Crippen molar-refractivity contribution in [2.24, 2.45) is 5.92 Å². The van der Waals surface area contributed by atoms with Gasteiger partial charge in [-0.2, -0.15) is 0 Å². The van der Waals surface area contributed by atoms with E-state index in [4.69, 9.17) is 10.7 Å². The van der Waals surface area contributed by atoms with Crippen molar-refractivity contribution in [2.45, 2.75) is 57.9 Å². The predicted octanol–water partition coefficient (Wildman–Crippen LogP) is 2.65. The lowest BCUT2D eigenvalue weighted by Crippen LogP contribution is -2.21. The number of imidazole rings is 1. The standard InChI is InChI=1S/C16H25N5O/c1-10(2)21-9-18-13-14(17)19-15(20-16(13)21)12-6-4-3-5-11(12)7-8-22/h9-12,22H,3-8H2,1-2H3,(H2,17,19,20)/t11-,12?/m0/s1. The van der Waals surface area contributed by atoms with E-state index < -0.39 is 0 Å². The van der Waals surface area contributed by atoms with E-state index in [1.54, 1.807) is 6.33 Å². The van der Waals surface area contributed by atoms with E-state index in [0.29, 0.717) is 23.2 Å². The fraction of sp³-hybridized carbons (Fsp3) is 0.688. The van der Waals surface area contributed by atoms with Gasteiger partial charge in [0.05, 0.1) is 6.33 Å². The molecule has 120 valence electrons. The maximum absolute atomic E-state index is 9.31. The van der Waals surface area contributed by atoms with E-state index in [9.17, 15) is 5.11 Å². The summed E-state index contributed by atoms with van der Waals surface area (Å²) in [4.78, 5) is 13.7. The van der Waals surface area contributed by atoms with Crippen molar-refractivity contribution < 1.29 is 5.11 Å². The average Bonchev–Trinajstić information content (AvgIpc) is 2.93. The number of nitrogens with two attached hydrogens (primary N) is 1. The molecule has 1 fully saturated rings. The summed E-state index contributed by atoms with van der Waals surface area (Å²) in [6.45, 7) is 4.44. The van der Waals surface area contributed by atoms with Crippen LogP contribution in [0.15, 0.2) is 6.33 Å². The molecule has 2 atom stereocenters. The summed E-state index contributed by atoms with van der Waals surface area (Å²) >= 11 is 0. The second kappa shape index (κ2) is 6.20. The van der Waals surface area contributed by atoms with Gasteiger partial charge in [-0.15, -0.1) is 0 Å². The third kappa shape index (κ3) is 2.67. The monoisotopic (exact) mass is 303 g/mol. The largest absolute Gasteiger partial charge is 0.396 e. The number of nitrogens with zero attached hydrogens (tertiary/aromatic N) is 4. The molecule has 0 saturated heterocycles. The van der Waals surface area contributed by atoms with Gasteiger partial charge in [-0.1, -0.05) is 12.8 Å². The van der Waals surface area contributed by atoms with E-state index >= 15 is 0 Å². The molecule has 1 aliphatic carbocycles. The molecule has 22 heavy (non-hydrogen) atoms. The van der Waals surface area contributed by atoms with Gasteiger partial charge in [0.1, 0.15) is 11.3 Å². The number of anilines is 1. The number of aliphatic hydroxyl groups excluding tert-OH is 1. The molecule has 2 heterocycles. The molecule has 0 aliphatic heterocycles. The van der Waals surface area contributed by atoms with Crippen molar-refractivity contribution in [1.29, 1.82) is 0 Å². The van der Waals surface area contributed by atoms with Gasteiger partial charge in [0, 0.05) is 18.6 Å². The number of aromatic nitrogens is 4. The van der Waals surface area contributed by atoms with E-state index in [0.717, 1.165) is 30.7 Å². The summed E-state index contributed by atoms with van der Waals surface area (Å²) in [6.07, 6.45) is 7.23. The first-order valence-electron chi connectivity index (χ1n) is 8.22. The first-order valence-corrected chi connectivity index (χ1v) is 8.22. The zero-order valence-corrected chi connectivity index (χ0v) is 13.4. The minimum Gasteiger partial charge on any atom is -0.396 e. The van der Waals surface area contributed by atoms with Crippen LogP contribution in [0, 0.1) is 5.92 Å². The lowest BCUT2D eigenvalue weighted by atomic mass is 9.77. The number of hydrogen-bond acceptors (Lipinski definition) is 5. The Hall–Kier alpha value is -1.69. The molecule has 0 bridgehead atoms. The minimum atomic E-state index is 0.225. The van der Waals surface area contributed by atoms with Crippen LogP contribution < -0.4 is 5.73 Å². The molecular formula is C16H25N5O. The number of nitrogen functional groups attached to an aromatic ring is 1. The smallest absolute Gasteiger partial charge is 0.166 e. The normalized spacial score (nSPS) is 22.5. The van der Waals surface area contributed by atoms with Gasteiger partial charge in [-0.05, 0) is 39.0 Å². The predicted molar refractivity (Wildman–Crippen MR) is 86.5 cm³/mol. The highest BCUT2D eigenvalue weighted by Crippen LogP contribution is 2.39. The molecule has 1 aliphatic rings. The van der Waals surface area contributed by atoms with Crippen LogP contribution in [0.2, 0.25) is 0 Å². The maximum atomic E-state index is 9.31. The van der Waals surface area contributed by atoms with Crippen molar-refractivity contribution in [2.75, 3.05) is 12.3 Å². The van der Waals surface area contributed by atoms with Gasteiger partial charge in [0.25, 0.3) is 0 Å². The molecule has 0 aromatic carbocycles. The molecule has 1 unspecified atom stereocenters. The molecule has 1 saturated carbocycles. The average molecular weight is 303 g/mol. The number of aliphatic hydroxyl groups is 1. The maximum Gasteiger partial charge on any atom is 0.166 e. The molecule has 3 N–H and O–H groups in total. The summed E-state index contributed by atoms with van der Waals surface area (Å²) in [6, 6.07) is 0.284. The highest BCUT2D eigenvalue weighted by Gasteiger charge is 2.29. The Balaban J connectivity index is 2.04. The fourth-order valence-electron chi connectivity index (χ4n) is 3.56. The summed E-state index contributed by atoms with van der Waals surface area (Å²) in [7, 11) is 0. The van der Waals surface area contributed by atoms with Crippen LogP contribution in [0.1, 0.15) is 63.7 Å². The van der Waals surface area contributed by atoms with Gasteiger partial charge >= 0.3 is 0 Å². The van der Waals surface area contributed by atoms with Gasteiger partial charge in [0.15, 0.2) is 11.5 Å². The highest BCUT2D eigenvalue weighted by atomic mass is 16.3. The second-order valence-electron chi connectivity index (χ2n) is 6.55. The third-order valence-electron chi connectivity index (χ3n) is 4.76. The molecule has 6 heteroatoms. The SMILES string of the molecule is CC(C)n1cnc2c(N)nc(C3CCCC[C@H]3CCO)nc21. The van der Waals surface area contributed by atoms with Gasteiger partial charge < -0.3 is 15.4 Å². The molecular weight excluding hydrogens is 278 g/mol. The topological polar surface area (TPSA) is 89.9 Å². The minimum absolute atomic E-state index is 0.225. The zero-order chi connectivity index (χ0) is 15.7. The van der Waals surface area contributed by atoms with Crippen LogP contribution in [0.3, 0.4) is 0 Å². The van der Waals surface area contributed by atoms with Crippen LogP contribution in [-0.2, 0) is 0 Å². The fourth-order valence-corrected chi connectivity index (χ4v) is 3.56. The number of rotatable bonds is 4. The van der Waals surface area contributed by atoms with Crippen molar-refractivity contribution in [1.82, 2.24) is 19.5 Å². The van der Waals surface area contributed by atoms with E-state index in [1.165, 1.54) is 12.8 Å². The summed E-state index contributed by atoms with van der Waals surface area (Å²) in [5.74, 6) is 2.03. The van der Waals surface area contributed by atoms with Crippen molar-refractivity contribution in [3.05, 3.63) is 12.2 Å². The van der Waals surface area contributed by atoms with Crippen LogP contribution >= 0.6 is 0 Å². The van der Waals surface area contributed by atoms with E-state index in [1.807, 2.05) is 4.57 Å². The third-order valence-corrected chi connectivity index (χ3v) is 4.76. The molecule has 3 rings (SSSR count). The van der Waals surface area contributed by atoms with Gasteiger partial charge in [0.2, 0.25) is 0 Å². The Morgan fingerprint density at radius 2 is 2.09 bits per heavy atom. The molecule has 0 radical (unpaired) electrons. The lowest BCUT2D eigenvalue weighted by Gasteiger charge is -2.30. The van der Waals surface area contributed by atoms with Crippen LogP contribution in [0.4, 0.5) is 5.82 Å². The lowest BCUT2D eigenvalue weighted by molar-refractivity contribution is 0.208. The summed E-state index contributed by atoms with van der Waals surface area (Å²) in [5.41, 5.74) is 7.63. The summed E-state index contributed by atoms with van der Waals surface area (Å²) < 4.78 is 2.04. The molecule has 0 spiro atoms. The first kappa shape index (κ1) is 15.2. The van der Waals surface area contributed by atoms with Crippen LogP contribution in [0.5, 0.6) is 0 Å². The Kier molecular flexibility index (Phi) is 4.29. The second-order valence-corrected chi connectivity index (χ2v) is 6.55. The molecule has 0 amide bonds. The molecule has 6 nitrogen and oxygen atoms in total. The Morgan fingerprint density at radius 1 is 1.32 bits per heavy atom. The first-order chi connectivity index (χ1) is 10.6. The highest BCUT2D eigenvalue weighted by molar-refractivity contribution is 5.81.